The van der Waals surface area contributed by atoms with Crippen LogP contribution >= 0.6 is 0 Å². The van der Waals surface area contributed by atoms with Crippen molar-refractivity contribution in [3.05, 3.63) is 48.3 Å². The van der Waals surface area contributed by atoms with Crippen molar-refractivity contribution >= 4 is 22.5 Å². The van der Waals surface area contributed by atoms with Gasteiger partial charge in [-0.2, -0.15) is 5.10 Å². The van der Waals surface area contributed by atoms with E-state index in [4.69, 9.17) is 5.73 Å². The summed E-state index contributed by atoms with van der Waals surface area (Å²) in [7, 11) is 0. The van der Waals surface area contributed by atoms with E-state index in [9.17, 15) is 4.79 Å². The number of hydrogen-bond acceptors (Lipinski definition) is 4. The average molecular weight is 349 g/mol. The van der Waals surface area contributed by atoms with Crippen molar-refractivity contribution in [1.29, 1.82) is 0 Å². The minimum absolute atomic E-state index is 0.00407. The normalized spacial score (nSPS) is 19.7. The third kappa shape index (κ3) is 3.14. The molecule has 3 aromatic rings. The Hall–Kier alpha value is -2.89. The van der Waals surface area contributed by atoms with Crippen molar-refractivity contribution in [2.75, 3.05) is 5.73 Å². The maximum atomic E-state index is 12.7. The Morgan fingerprint density at radius 3 is 2.96 bits per heavy atom. The van der Waals surface area contributed by atoms with Crippen LogP contribution in [0.2, 0.25) is 0 Å². The number of fused-ring (bicyclic) bond motifs is 1. The van der Waals surface area contributed by atoms with Gasteiger partial charge in [0.2, 0.25) is 0 Å². The molecule has 4 rings (SSSR count). The second-order valence-electron chi connectivity index (χ2n) is 6.98. The van der Waals surface area contributed by atoms with E-state index in [1.807, 2.05) is 30.5 Å². The number of hydrogen-bond donors (Lipinski definition) is 2. The molecule has 2 heterocycles. The number of nitrogen functional groups attached to an aromatic ring is 1. The van der Waals surface area contributed by atoms with Crippen molar-refractivity contribution in [2.24, 2.45) is 5.92 Å². The van der Waals surface area contributed by atoms with Crippen LogP contribution in [0.5, 0.6) is 0 Å². The van der Waals surface area contributed by atoms with Crippen LogP contribution in [0.1, 0.15) is 43.0 Å². The van der Waals surface area contributed by atoms with Crippen LogP contribution in [0.4, 0.5) is 5.69 Å². The van der Waals surface area contributed by atoms with Gasteiger partial charge >= 0.3 is 0 Å². The Morgan fingerprint density at radius 1 is 1.31 bits per heavy atom. The summed E-state index contributed by atoms with van der Waals surface area (Å²) in [5, 5.41) is 8.65. The van der Waals surface area contributed by atoms with Crippen molar-refractivity contribution < 1.29 is 4.79 Å². The van der Waals surface area contributed by atoms with Gasteiger partial charge in [-0.15, -0.1) is 0 Å². The van der Waals surface area contributed by atoms with Gasteiger partial charge in [-0.05, 0) is 49.1 Å². The molecule has 6 heteroatoms. The van der Waals surface area contributed by atoms with Crippen LogP contribution in [0.25, 0.3) is 16.7 Å². The van der Waals surface area contributed by atoms with E-state index in [1.165, 1.54) is 12.8 Å². The van der Waals surface area contributed by atoms with E-state index in [0.717, 1.165) is 23.7 Å². The van der Waals surface area contributed by atoms with Crippen molar-refractivity contribution in [3.8, 4) is 5.82 Å². The second-order valence-corrected chi connectivity index (χ2v) is 6.98. The predicted octanol–water partition coefficient (Wildman–Crippen LogP) is 3.31. The lowest BCUT2D eigenvalue weighted by atomic mass is 10.0. The minimum atomic E-state index is -0.00407. The SMILES string of the molecule is CCC1CCCC1NC(=O)c1ccc2nn(-c3ccc(N)cn3)cc2c1. The predicted molar refractivity (Wildman–Crippen MR) is 102 cm³/mol. The number of aromatic nitrogens is 3. The van der Waals surface area contributed by atoms with Gasteiger partial charge in [0.25, 0.3) is 5.91 Å². The zero-order valence-corrected chi connectivity index (χ0v) is 14.9. The molecule has 1 fully saturated rings. The fourth-order valence-corrected chi connectivity index (χ4v) is 3.78. The van der Waals surface area contributed by atoms with Gasteiger partial charge in [-0.25, -0.2) is 9.67 Å². The molecule has 2 aromatic heterocycles. The quantitative estimate of drug-likeness (QED) is 0.756. The molecule has 1 aliphatic rings. The van der Waals surface area contributed by atoms with Crippen LogP contribution < -0.4 is 11.1 Å². The van der Waals surface area contributed by atoms with Crippen molar-refractivity contribution in [2.45, 2.75) is 38.6 Å². The number of amides is 1. The number of nitrogens with zero attached hydrogens (tertiary/aromatic N) is 3. The first-order chi connectivity index (χ1) is 12.6. The maximum Gasteiger partial charge on any atom is 0.251 e. The van der Waals surface area contributed by atoms with Gasteiger partial charge in [0.05, 0.1) is 17.4 Å². The zero-order chi connectivity index (χ0) is 18.1. The lowest BCUT2D eigenvalue weighted by Gasteiger charge is -2.19. The number of rotatable bonds is 4. The van der Waals surface area contributed by atoms with E-state index in [-0.39, 0.29) is 5.91 Å². The Kier molecular flexibility index (Phi) is 4.32. The highest BCUT2D eigenvalue weighted by Gasteiger charge is 2.27. The minimum Gasteiger partial charge on any atom is -0.397 e. The summed E-state index contributed by atoms with van der Waals surface area (Å²) in [6.45, 7) is 2.20. The third-order valence-electron chi connectivity index (χ3n) is 5.27. The summed E-state index contributed by atoms with van der Waals surface area (Å²) in [6, 6.07) is 9.51. The summed E-state index contributed by atoms with van der Waals surface area (Å²) >= 11 is 0. The molecule has 3 N–H and O–H groups in total. The second kappa shape index (κ2) is 6.78. The number of pyridine rings is 1. The lowest BCUT2D eigenvalue weighted by Crippen LogP contribution is -2.37. The molecule has 2 unspecified atom stereocenters. The van der Waals surface area contributed by atoms with Crippen LogP contribution in [0, 0.1) is 5.92 Å². The Bertz CT molecular complexity index is 931. The third-order valence-corrected chi connectivity index (χ3v) is 5.27. The van der Waals surface area contributed by atoms with E-state index in [1.54, 1.807) is 16.9 Å². The standard InChI is InChI=1S/C20H23N5O/c1-2-13-4-3-5-17(13)23-20(26)14-6-8-18-15(10-14)12-25(24-18)19-9-7-16(21)11-22-19/h6-13,17H,2-5,21H2,1H3,(H,23,26). The van der Waals surface area contributed by atoms with E-state index >= 15 is 0 Å². The number of benzene rings is 1. The summed E-state index contributed by atoms with van der Waals surface area (Å²) in [4.78, 5) is 16.9. The van der Waals surface area contributed by atoms with Gasteiger partial charge < -0.3 is 11.1 Å². The highest BCUT2D eigenvalue weighted by atomic mass is 16.1. The molecule has 26 heavy (non-hydrogen) atoms. The first-order valence-electron chi connectivity index (χ1n) is 9.16. The summed E-state index contributed by atoms with van der Waals surface area (Å²) in [5.74, 6) is 1.29. The van der Waals surface area contributed by atoms with Crippen LogP contribution in [-0.4, -0.2) is 26.7 Å². The molecule has 1 amide bonds. The summed E-state index contributed by atoms with van der Waals surface area (Å²) < 4.78 is 1.70. The summed E-state index contributed by atoms with van der Waals surface area (Å²) in [6.07, 6.45) is 8.09. The molecule has 0 aliphatic heterocycles. The fraction of sp³-hybridized carbons (Fsp3) is 0.350. The Morgan fingerprint density at radius 2 is 2.19 bits per heavy atom. The lowest BCUT2D eigenvalue weighted by molar-refractivity contribution is 0.0927. The van der Waals surface area contributed by atoms with Gasteiger partial charge in [-0.1, -0.05) is 19.8 Å². The smallest absolute Gasteiger partial charge is 0.251 e. The molecular weight excluding hydrogens is 326 g/mol. The number of carbonyl (C=O) groups excluding carboxylic acids is 1. The molecule has 0 saturated heterocycles. The van der Waals surface area contributed by atoms with Gasteiger partial charge in [0, 0.05) is 23.2 Å². The number of anilines is 1. The first kappa shape index (κ1) is 16.6. The molecule has 1 aliphatic carbocycles. The molecule has 0 spiro atoms. The number of nitrogens with two attached hydrogens (primary N) is 1. The maximum absolute atomic E-state index is 12.7. The molecule has 0 bridgehead atoms. The number of nitrogens with one attached hydrogen (secondary N) is 1. The first-order valence-corrected chi connectivity index (χ1v) is 9.16. The van der Waals surface area contributed by atoms with Gasteiger partial charge in [0.15, 0.2) is 5.82 Å². The molecular formula is C20H23N5O. The van der Waals surface area contributed by atoms with Crippen LogP contribution in [-0.2, 0) is 0 Å². The molecule has 134 valence electrons. The van der Waals surface area contributed by atoms with Crippen LogP contribution in [0.15, 0.2) is 42.7 Å². The van der Waals surface area contributed by atoms with Gasteiger partial charge in [0.1, 0.15) is 0 Å². The Balaban J connectivity index is 1.57. The average Bonchev–Trinajstić information content (AvgIpc) is 3.27. The highest BCUT2D eigenvalue weighted by molar-refractivity contribution is 5.98. The summed E-state index contributed by atoms with van der Waals surface area (Å²) in [5.41, 5.74) is 7.79. The molecule has 2 atom stereocenters. The Labute approximate surface area is 152 Å². The highest BCUT2D eigenvalue weighted by Crippen LogP contribution is 2.28. The largest absolute Gasteiger partial charge is 0.397 e. The van der Waals surface area contributed by atoms with Crippen LogP contribution in [0.3, 0.4) is 0 Å². The van der Waals surface area contributed by atoms with Crippen molar-refractivity contribution in [3.63, 3.8) is 0 Å². The molecule has 1 saturated carbocycles. The fourth-order valence-electron chi connectivity index (χ4n) is 3.78. The van der Waals surface area contributed by atoms with E-state index in [2.05, 4.69) is 22.3 Å². The van der Waals surface area contributed by atoms with Gasteiger partial charge in [-0.3, -0.25) is 4.79 Å². The van der Waals surface area contributed by atoms with E-state index < -0.39 is 0 Å². The monoisotopic (exact) mass is 349 g/mol. The zero-order valence-electron chi connectivity index (χ0n) is 14.9. The molecule has 1 aromatic carbocycles. The molecule has 0 radical (unpaired) electrons. The van der Waals surface area contributed by atoms with Crippen molar-refractivity contribution in [1.82, 2.24) is 20.1 Å². The number of carbonyl (C=O) groups is 1. The van der Waals surface area contributed by atoms with E-state index in [0.29, 0.717) is 29.0 Å². The molecule has 6 nitrogen and oxygen atoms in total. The topological polar surface area (TPSA) is 85.8 Å².